The number of nitrogens with zero attached hydrogens (tertiary/aromatic N) is 1. The van der Waals surface area contributed by atoms with Gasteiger partial charge in [0.15, 0.2) is 0 Å². The molecule has 0 amide bonds. The van der Waals surface area contributed by atoms with E-state index in [1.54, 1.807) is 6.20 Å². The monoisotopic (exact) mass is 267 g/mol. The van der Waals surface area contributed by atoms with Crippen LogP contribution < -0.4 is 0 Å². The molecule has 0 spiro atoms. The molecule has 0 aliphatic heterocycles. The van der Waals surface area contributed by atoms with Crippen LogP contribution >= 0.6 is 22.9 Å². The van der Waals surface area contributed by atoms with Gasteiger partial charge in [-0.05, 0) is 18.6 Å². The van der Waals surface area contributed by atoms with Crippen molar-refractivity contribution in [3.8, 4) is 10.6 Å². The zero-order chi connectivity index (χ0) is 12.3. The van der Waals surface area contributed by atoms with Gasteiger partial charge in [0.1, 0.15) is 5.01 Å². The average Bonchev–Trinajstić information content (AvgIpc) is 2.75. The maximum atomic E-state index is 10.5. The molecule has 1 aromatic carbocycles. The van der Waals surface area contributed by atoms with Crippen molar-refractivity contribution < 1.29 is 9.90 Å². The molecule has 0 bridgehead atoms. The molecular formula is C12H10ClNO2S. The Labute approximate surface area is 108 Å². The van der Waals surface area contributed by atoms with E-state index in [1.807, 2.05) is 24.3 Å². The van der Waals surface area contributed by atoms with E-state index in [0.29, 0.717) is 11.4 Å². The number of carboxylic acids is 1. The highest BCUT2D eigenvalue weighted by Crippen LogP contribution is 2.27. The quantitative estimate of drug-likeness (QED) is 0.923. The molecule has 0 saturated heterocycles. The Morgan fingerprint density at radius 3 is 3.00 bits per heavy atom. The summed E-state index contributed by atoms with van der Waals surface area (Å²) in [5.74, 6) is -0.789. The molecule has 1 N–H and O–H groups in total. The number of hydrogen-bond acceptors (Lipinski definition) is 3. The number of hydrogen-bond donors (Lipinski definition) is 1. The van der Waals surface area contributed by atoms with Gasteiger partial charge >= 0.3 is 5.97 Å². The lowest BCUT2D eigenvalue weighted by Crippen LogP contribution is -1.95. The van der Waals surface area contributed by atoms with Crippen LogP contribution in [0.3, 0.4) is 0 Å². The summed E-state index contributed by atoms with van der Waals surface area (Å²) < 4.78 is 0. The molecule has 2 rings (SSSR count). The number of aliphatic carboxylic acids is 1. The summed E-state index contributed by atoms with van der Waals surface area (Å²) in [6.45, 7) is 0. The third-order valence-corrected chi connectivity index (χ3v) is 3.55. The Kier molecular flexibility index (Phi) is 3.76. The molecule has 88 valence electrons. The number of carboxylic acid groups (broad SMARTS) is 1. The molecule has 1 aromatic heterocycles. The molecule has 1 heterocycles. The summed E-state index contributed by atoms with van der Waals surface area (Å²) in [6.07, 6.45) is 2.38. The van der Waals surface area contributed by atoms with Crippen LogP contribution in [-0.4, -0.2) is 16.1 Å². The summed E-state index contributed by atoms with van der Waals surface area (Å²) in [7, 11) is 0. The molecule has 0 saturated carbocycles. The lowest BCUT2D eigenvalue weighted by Gasteiger charge is -1.96. The van der Waals surface area contributed by atoms with Crippen molar-refractivity contribution in [3.63, 3.8) is 0 Å². The zero-order valence-electron chi connectivity index (χ0n) is 8.89. The van der Waals surface area contributed by atoms with E-state index < -0.39 is 5.97 Å². The second-order valence-electron chi connectivity index (χ2n) is 3.54. The Bertz CT molecular complexity index is 539. The van der Waals surface area contributed by atoms with Crippen molar-refractivity contribution >= 4 is 28.9 Å². The average molecular weight is 268 g/mol. The summed E-state index contributed by atoms with van der Waals surface area (Å²) in [6, 6.07) is 7.47. The van der Waals surface area contributed by atoms with Gasteiger partial charge in [-0.15, -0.1) is 11.3 Å². The first-order chi connectivity index (χ1) is 8.15. The fraction of sp³-hybridized carbons (Fsp3) is 0.167. The Hall–Kier alpha value is -1.39. The van der Waals surface area contributed by atoms with Crippen molar-refractivity contribution in [2.75, 3.05) is 0 Å². The van der Waals surface area contributed by atoms with Gasteiger partial charge in [0.05, 0.1) is 6.42 Å². The van der Waals surface area contributed by atoms with Gasteiger partial charge in [-0.25, -0.2) is 4.98 Å². The number of carbonyl (C=O) groups is 1. The second kappa shape index (κ2) is 5.29. The van der Waals surface area contributed by atoms with E-state index >= 15 is 0 Å². The van der Waals surface area contributed by atoms with E-state index in [-0.39, 0.29) is 6.42 Å². The van der Waals surface area contributed by atoms with Crippen molar-refractivity contribution in [1.82, 2.24) is 4.98 Å². The third-order valence-electron chi connectivity index (χ3n) is 2.21. The summed E-state index contributed by atoms with van der Waals surface area (Å²) in [4.78, 5) is 15.7. The van der Waals surface area contributed by atoms with Gasteiger partial charge in [-0.2, -0.15) is 0 Å². The van der Waals surface area contributed by atoms with Crippen LogP contribution in [0.5, 0.6) is 0 Å². The minimum atomic E-state index is -0.789. The van der Waals surface area contributed by atoms with Crippen molar-refractivity contribution in [1.29, 1.82) is 0 Å². The molecule has 0 fully saturated rings. The predicted molar refractivity (Wildman–Crippen MR) is 68.5 cm³/mol. The van der Waals surface area contributed by atoms with Crippen molar-refractivity contribution in [2.24, 2.45) is 0 Å². The molecule has 2 aromatic rings. The number of aromatic nitrogens is 1. The van der Waals surface area contributed by atoms with Gasteiger partial charge in [-0.3, -0.25) is 4.79 Å². The number of rotatable bonds is 4. The van der Waals surface area contributed by atoms with E-state index in [2.05, 4.69) is 4.98 Å². The first kappa shape index (κ1) is 12.1. The highest BCUT2D eigenvalue weighted by Gasteiger charge is 2.06. The normalized spacial score (nSPS) is 10.4. The standard InChI is InChI=1S/C12H10ClNO2S/c13-9-3-1-2-8(6-9)12-14-7-10(17-12)4-5-11(15)16/h1-3,6-7H,4-5H2,(H,15,16). The van der Waals surface area contributed by atoms with Crippen molar-refractivity contribution in [3.05, 3.63) is 40.4 Å². The second-order valence-corrected chi connectivity index (χ2v) is 5.09. The molecule has 0 aliphatic carbocycles. The van der Waals surface area contributed by atoms with E-state index in [1.165, 1.54) is 11.3 Å². The SMILES string of the molecule is O=C(O)CCc1cnc(-c2cccc(Cl)c2)s1. The summed E-state index contributed by atoms with van der Waals surface area (Å²) in [5.41, 5.74) is 0.962. The van der Waals surface area contributed by atoms with Crippen LogP contribution in [0.15, 0.2) is 30.5 Å². The van der Waals surface area contributed by atoms with E-state index in [4.69, 9.17) is 16.7 Å². The predicted octanol–water partition coefficient (Wildman–Crippen LogP) is 3.48. The lowest BCUT2D eigenvalue weighted by molar-refractivity contribution is -0.136. The van der Waals surface area contributed by atoms with Crippen LogP contribution in [0.4, 0.5) is 0 Å². The Balaban J connectivity index is 2.15. The zero-order valence-corrected chi connectivity index (χ0v) is 10.5. The van der Waals surface area contributed by atoms with Crippen LogP contribution in [-0.2, 0) is 11.2 Å². The van der Waals surface area contributed by atoms with Gasteiger partial charge in [-0.1, -0.05) is 23.7 Å². The van der Waals surface area contributed by atoms with E-state index in [9.17, 15) is 4.79 Å². The molecule has 3 nitrogen and oxygen atoms in total. The van der Waals surface area contributed by atoms with Crippen LogP contribution in [0, 0.1) is 0 Å². The fourth-order valence-electron chi connectivity index (χ4n) is 1.41. The minimum absolute atomic E-state index is 0.136. The fourth-order valence-corrected chi connectivity index (χ4v) is 2.51. The van der Waals surface area contributed by atoms with Crippen molar-refractivity contribution in [2.45, 2.75) is 12.8 Å². The Morgan fingerprint density at radius 2 is 2.29 bits per heavy atom. The van der Waals surface area contributed by atoms with Crippen LogP contribution in [0.1, 0.15) is 11.3 Å². The lowest BCUT2D eigenvalue weighted by atomic mass is 10.2. The molecule has 0 unspecified atom stereocenters. The molecule has 0 atom stereocenters. The van der Waals surface area contributed by atoms with Crippen LogP contribution in [0.2, 0.25) is 5.02 Å². The molecular weight excluding hydrogens is 258 g/mol. The molecule has 17 heavy (non-hydrogen) atoms. The summed E-state index contributed by atoms with van der Waals surface area (Å²) in [5, 5.41) is 10.1. The number of aryl methyl sites for hydroxylation is 1. The van der Waals surface area contributed by atoms with Gasteiger partial charge < -0.3 is 5.11 Å². The molecule has 0 radical (unpaired) electrons. The van der Waals surface area contributed by atoms with Crippen LogP contribution in [0.25, 0.3) is 10.6 Å². The maximum Gasteiger partial charge on any atom is 0.303 e. The molecule has 5 heteroatoms. The van der Waals surface area contributed by atoms with E-state index in [0.717, 1.165) is 15.4 Å². The van der Waals surface area contributed by atoms with Gasteiger partial charge in [0.25, 0.3) is 0 Å². The Morgan fingerprint density at radius 1 is 1.47 bits per heavy atom. The van der Waals surface area contributed by atoms with Gasteiger partial charge in [0.2, 0.25) is 0 Å². The van der Waals surface area contributed by atoms with Gasteiger partial charge in [0, 0.05) is 21.7 Å². The third kappa shape index (κ3) is 3.28. The largest absolute Gasteiger partial charge is 0.481 e. The maximum absolute atomic E-state index is 10.5. The first-order valence-corrected chi connectivity index (χ1v) is 6.27. The molecule has 0 aliphatic rings. The minimum Gasteiger partial charge on any atom is -0.481 e. The highest BCUT2D eigenvalue weighted by atomic mass is 35.5. The first-order valence-electron chi connectivity index (χ1n) is 5.07. The highest BCUT2D eigenvalue weighted by molar-refractivity contribution is 7.15. The smallest absolute Gasteiger partial charge is 0.303 e. The summed E-state index contributed by atoms with van der Waals surface area (Å²) >= 11 is 7.41. The number of halogens is 1. The topological polar surface area (TPSA) is 50.2 Å². The number of benzene rings is 1. The number of thiazole rings is 1.